The summed E-state index contributed by atoms with van der Waals surface area (Å²) in [6.45, 7) is 6.41. The number of pyridine rings is 1. The van der Waals surface area contributed by atoms with Gasteiger partial charge in [-0.15, -0.1) is 0 Å². The number of carbonyl (C=O) groups is 1. The molecule has 2 rings (SSSR count). The Morgan fingerprint density at radius 2 is 2.18 bits per heavy atom. The van der Waals surface area contributed by atoms with E-state index < -0.39 is 0 Å². The molecule has 2 heterocycles. The lowest BCUT2D eigenvalue weighted by Gasteiger charge is -2.31. The Morgan fingerprint density at radius 1 is 1.41 bits per heavy atom. The third kappa shape index (κ3) is 4.78. The van der Waals surface area contributed by atoms with Crippen LogP contribution in [0.3, 0.4) is 0 Å². The van der Waals surface area contributed by atoms with Crippen molar-refractivity contribution >= 4 is 5.91 Å². The minimum absolute atomic E-state index is 0.175. The van der Waals surface area contributed by atoms with Gasteiger partial charge >= 0.3 is 0 Å². The van der Waals surface area contributed by atoms with E-state index >= 15 is 0 Å². The molecule has 0 radical (unpaired) electrons. The van der Waals surface area contributed by atoms with Crippen molar-refractivity contribution in [2.75, 3.05) is 47.3 Å². The number of carbonyl (C=O) groups excluding carboxylic acids is 1. The molecular formula is C17H28N4O. The number of amides is 1. The van der Waals surface area contributed by atoms with E-state index in [2.05, 4.69) is 23.9 Å². The predicted molar refractivity (Wildman–Crippen MR) is 88.4 cm³/mol. The van der Waals surface area contributed by atoms with E-state index in [1.165, 1.54) is 0 Å². The molecule has 5 nitrogen and oxygen atoms in total. The van der Waals surface area contributed by atoms with E-state index in [1.54, 1.807) is 6.20 Å². The van der Waals surface area contributed by atoms with Gasteiger partial charge in [0.1, 0.15) is 0 Å². The summed E-state index contributed by atoms with van der Waals surface area (Å²) in [5.74, 6) is 0.175. The van der Waals surface area contributed by atoms with Gasteiger partial charge in [0.25, 0.3) is 0 Å². The van der Waals surface area contributed by atoms with Crippen molar-refractivity contribution in [2.24, 2.45) is 5.41 Å². The molecule has 1 aliphatic heterocycles. The van der Waals surface area contributed by atoms with Crippen molar-refractivity contribution in [3.8, 4) is 0 Å². The first-order valence-corrected chi connectivity index (χ1v) is 7.89. The largest absolute Gasteiger partial charge is 0.344 e. The molecule has 0 aromatic carbocycles. The zero-order chi connectivity index (χ0) is 16.2. The standard InChI is InChI=1S/C17H28N4O/c1-17(8-10-19(2)13-17)14-21(4)16(22)12-20(3)11-15-7-5-6-9-18-15/h5-7,9H,8,10-14H2,1-4H3. The van der Waals surface area contributed by atoms with Crippen LogP contribution in [0, 0.1) is 5.41 Å². The molecule has 1 aromatic heterocycles. The van der Waals surface area contributed by atoms with Crippen LogP contribution in [0.2, 0.25) is 0 Å². The van der Waals surface area contributed by atoms with Crippen LogP contribution in [0.1, 0.15) is 19.0 Å². The van der Waals surface area contributed by atoms with Crippen LogP contribution in [-0.2, 0) is 11.3 Å². The lowest BCUT2D eigenvalue weighted by Crippen LogP contribution is -2.42. The molecule has 1 atom stereocenters. The fraction of sp³-hybridized carbons (Fsp3) is 0.647. The molecule has 1 aromatic rings. The maximum Gasteiger partial charge on any atom is 0.236 e. The van der Waals surface area contributed by atoms with Gasteiger partial charge in [-0.25, -0.2) is 0 Å². The van der Waals surface area contributed by atoms with Crippen LogP contribution >= 0.6 is 0 Å². The third-order valence-corrected chi connectivity index (χ3v) is 4.36. The van der Waals surface area contributed by atoms with Gasteiger partial charge in [-0.2, -0.15) is 0 Å². The van der Waals surface area contributed by atoms with Gasteiger partial charge in [0.2, 0.25) is 5.91 Å². The van der Waals surface area contributed by atoms with Crippen LogP contribution in [0.25, 0.3) is 0 Å². The summed E-state index contributed by atoms with van der Waals surface area (Å²) in [7, 11) is 6.03. The summed E-state index contributed by atoms with van der Waals surface area (Å²) < 4.78 is 0. The number of hydrogen-bond acceptors (Lipinski definition) is 4. The highest BCUT2D eigenvalue weighted by molar-refractivity contribution is 5.78. The number of likely N-dealkylation sites (tertiary alicyclic amines) is 1. The molecular weight excluding hydrogens is 276 g/mol. The lowest BCUT2D eigenvalue weighted by molar-refractivity contribution is -0.132. The minimum atomic E-state index is 0.175. The van der Waals surface area contributed by atoms with E-state index in [-0.39, 0.29) is 11.3 Å². The van der Waals surface area contributed by atoms with Gasteiger partial charge in [0.05, 0.1) is 12.2 Å². The number of rotatable bonds is 6. The topological polar surface area (TPSA) is 39.7 Å². The Kier molecular flexibility index (Phi) is 5.53. The number of hydrogen-bond donors (Lipinski definition) is 0. The molecule has 1 fully saturated rings. The Labute approximate surface area is 133 Å². The normalized spacial score (nSPS) is 22.2. The second-order valence-electron chi connectivity index (χ2n) is 7.04. The SMILES string of the molecule is CN(CC(=O)N(C)CC1(C)CCN(C)C1)Cc1ccccn1. The van der Waals surface area contributed by atoms with Crippen molar-refractivity contribution in [2.45, 2.75) is 19.9 Å². The number of nitrogens with zero attached hydrogens (tertiary/aromatic N) is 4. The molecule has 1 unspecified atom stereocenters. The number of likely N-dealkylation sites (N-methyl/N-ethyl adjacent to an activating group) is 2. The fourth-order valence-electron chi connectivity index (χ4n) is 3.24. The molecule has 5 heteroatoms. The summed E-state index contributed by atoms with van der Waals surface area (Å²) >= 11 is 0. The second-order valence-corrected chi connectivity index (χ2v) is 7.04. The van der Waals surface area contributed by atoms with Crippen molar-refractivity contribution in [1.29, 1.82) is 0 Å². The summed E-state index contributed by atoms with van der Waals surface area (Å²) in [4.78, 5) is 22.9. The van der Waals surface area contributed by atoms with Crippen LogP contribution in [0.15, 0.2) is 24.4 Å². The number of aromatic nitrogens is 1. The van der Waals surface area contributed by atoms with E-state index in [0.717, 1.165) is 31.7 Å². The summed E-state index contributed by atoms with van der Waals surface area (Å²) in [5.41, 5.74) is 1.21. The summed E-state index contributed by atoms with van der Waals surface area (Å²) in [6.07, 6.45) is 2.94. The average Bonchev–Trinajstić information content (AvgIpc) is 2.78. The van der Waals surface area contributed by atoms with Crippen molar-refractivity contribution in [3.05, 3.63) is 30.1 Å². The molecule has 0 aliphatic carbocycles. The molecule has 1 saturated heterocycles. The maximum atomic E-state index is 12.4. The van der Waals surface area contributed by atoms with Gasteiger partial charge in [-0.1, -0.05) is 13.0 Å². The van der Waals surface area contributed by atoms with Gasteiger partial charge in [-0.05, 0) is 44.6 Å². The van der Waals surface area contributed by atoms with Gasteiger partial charge < -0.3 is 9.80 Å². The Bertz CT molecular complexity index is 493. The van der Waals surface area contributed by atoms with E-state index in [9.17, 15) is 4.79 Å². The van der Waals surface area contributed by atoms with E-state index in [0.29, 0.717) is 13.1 Å². The zero-order valence-corrected chi connectivity index (χ0v) is 14.2. The highest BCUT2D eigenvalue weighted by Gasteiger charge is 2.34. The maximum absolute atomic E-state index is 12.4. The fourth-order valence-corrected chi connectivity index (χ4v) is 3.24. The first-order valence-electron chi connectivity index (χ1n) is 7.89. The highest BCUT2D eigenvalue weighted by atomic mass is 16.2. The molecule has 1 amide bonds. The lowest BCUT2D eigenvalue weighted by atomic mass is 9.89. The van der Waals surface area contributed by atoms with E-state index in [1.807, 2.05) is 42.1 Å². The summed E-state index contributed by atoms with van der Waals surface area (Å²) in [6, 6.07) is 5.86. The van der Waals surface area contributed by atoms with Crippen LogP contribution in [0.4, 0.5) is 0 Å². The van der Waals surface area contributed by atoms with Crippen molar-refractivity contribution in [1.82, 2.24) is 19.7 Å². The van der Waals surface area contributed by atoms with Gasteiger partial charge in [0, 0.05) is 32.9 Å². The highest BCUT2D eigenvalue weighted by Crippen LogP contribution is 2.29. The quantitative estimate of drug-likeness (QED) is 0.794. The first kappa shape index (κ1) is 16.9. The van der Waals surface area contributed by atoms with Crippen molar-refractivity contribution in [3.63, 3.8) is 0 Å². The monoisotopic (exact) mass is 304 g/mol. The third-order valence-electron chi connectivity index (χ3n) is 4.36. The van der Waals surface area contributed by atoms with Gasteiger partial charge in [0.15, 0.2) is 0 Å². The molecule has 0 spiro atoms. The molecule has 0 bridgehead atoms. The Balaban J connectivity index is 1.81. The molecule has 22 heavy (non-hydrogen) atoms. The second kappa shape index (κ2) is 7.20. The van der Waals surface area contributed by atoms with Gasteiger partial charge in [-0.3, -0.25) is 14.7 Å². The minimum Gasteiger partial charge on any atom is -0.344 e. The molecule has 0 N–H and O–H groups in total. The van der Waals surface area contributed by atoms with E-state index in [4.69, 9.17) is 0 Å². The average molecular weight is 304 g/mol. The summed E-state index contributed by atoms with van der Waals surface area (Å²) in [5, 5.41) is 0. The first-order chi connectivity index (χ1) is 10.4. The molecule has 122 valence electrons. The smallest absolute Gasteiger partial charge is 0.236 e. The Hall–Kier alpha value is -1.46. The molecule has 0 saturated carbocycles. The molecule has 1 aliphatic rings. The van der Waals surface area contributed by atoms with Crippen LogP contribution in [0.5, 0.6) is 0 Å². The van der Waals surface area contributed by atoms with Crippen molar-refractivity contribution < 1.29 is 4.79 Å². The van der Waals surface area contributed by atoms with Crippen LogP contribution < -0.4 is 0 Å². The van der Waals surface area contributed by atoms with Crippen LogP contribution in [-0.4, -0.2) is 72.9 Å². The Morgan fingerprint density at radius 3 is 2.77 bits per heavy atom. The predicted octanol–water partition coefficient (Wildman–Crippen LogP) is 1.31. The zero-order valence-electron chi connectivity index (χ0n) is 14.2.